The molecular formula is C5HBr9O. The molecule has 0 saturated heterocycles. The van der Waals surface area contributed by atoms with E-state index in [9.17, 15) is 5.11 Å². The third kappa shape index (κ3) is 2.00. The van der Waals surface area contributed by atoms with E-state index < -0.39 is 17.4 Å². The molecule has 1 fully saturated rings. The second kappa shape index (κ2) is 4.64. The first-order valence-corrected chi connectivity index (χ1v) is 10.3. The van der Waals surface area contributed by atoms with Crippen LogP contribution in [0.25, 0.3) is 0 Å². The summed E-state index contributed by atoms with van der Waals surface area (Å²) in [5, 5.41) is 10.5. The molecule has 0 radical (unpaired) electrons. The average molecular weight is 796 g/mol. The molecule has 0 aromatic rings. The number of hydrogen-bond acceptors (Lipinski definition) is 1. The highest BCUT2D eigenvalue weighted by Crippen LogP contribution is 2.80. The van der Waals surface area contributed by atoms with E-state index in [2.05, 4.69) is 143 Å². The number of hydrogen-bond donors (Lipinski definition) is 1. The van der Waals surface area contributed by atoms with E-state index in [0.717, 1.165) is 0 Å². The van der Waals surface area contributed by atoms with Gasteiger partial charge in [-0.15, -0.1) is 0 Å². The Morgan fingerprint density at radius 1 is 0.467 bits per heavy atom. The lowest BCUT2D eigenvalue weighted by Gasteiger charge is -2.36. The highest BCUT2D eigenvalue weighted by molar-refractivity contribution is 9.35. The summed E-state index contributed by atoms with van der Waals surface area (Å²) in [6.45, 7) is 0. The Balaban J connectivity index is 3.55. The lowest BCUT2D eigenvalue weighted by molar-refractivity contribution is 0.153. The van der Waals surface area contributed by atoms with Crippen molar-refractivity contribution in [2.45, 2.75) is 17.4 Å². The van der Waals surface area contributed by atoms with Gasteiger partial charge in [-0.05, 0) is 15.9 Å². The molecule has 1 N–H and O–H groups in total. The van der Waals surface area contributed by atoms with Crippen molar-refractivity contribution in [3.63, 3.8) is 0 Å². The van der Waals surface area contributed by atoms with Gasteiger partial charge in [0.25, 0.3) is 0 Å². The summed E-state index contributed by atoms with van der Waals surface area (Å²) in [5.74, 6) is 0. The fourth-order valence-corrected chi connectivity index (χ4v) is 10.6. The van der Waals surface area contributed by atoms with Crippen LogP contribution in [0, 0.1) is 0 Å². The van der Waals surface area contributed by atoms with Gasteiger partial charge < -0.3 is 5.11 Å². The molecule has 0 amide bonds. The molecule has 0 heterocycles. The minimum absolute atomic E-state index is 0.745. The van der Waals surface area contributed by atoms with E-state index in [0.29, 0.717) is 0 Å². The topological polar surface area (TPSA) is 20.2 Å². The SMILES string of the molecule is OC1(Br)C(Br)(Br)C(Br)(Br)C(Br)(Br)C1(Br)Br. The molecule has 10 heteroatoms. The van der Waals surface area contributed by atoms with Gasteiger partial charge >= 0.3 is 0 Å². The Morgan fingerprint density at radius 3 is 0.733 bits per heavy atom. The summed E-state index contributed by atoms with van der Waals surface area (Å²) in [4.78, 5) is 0. The van der Waals surface area contributed by atoms with Crippen LogP contribution in [0.3, 0.4) is 0 Å². The maximum atomic E-state index is 10.5. The van der Waals surface area contributed by atoms with Crippen LogP contribution in [0.2, 0.25) is 0 Å². The normalized spacial score (nSPS) is 34.0. The molecule has 1 rings (SSSR count). The van der Waals surface area contributed by atoms with Crippen molar-refractivity contribution < 1.29 is 5.11 Å². The highest BCUT2D eigenvalue weighted by atomic mass is 79.9. The first kappa shape index (κ1) is 17.3. The molecular weight excluding hydrogens is 795 g/mol. The summed E-state index contributed by atoms with van der Waals surface area (Å²) in [6.07, 6.45) is 0. The number of aliphatic hydroxyl groups is 1. The minimum atomic E-state index is -1.35. The summed E-state index contributed by atoms with van der Waals surface area (Å²) in [7, 11) is 0. The van der Waals surface area contributed by atoms with E-state index >= 15 is 0 Å². The molecule has 15 heavy (non-hydrogen) atoms. The first-order valence-electron chi connectivity index (χ1n) is 3.17. The molecule has 0 aromatic heterocycles. The van der Waals surface area contributed by atoms with Crippen molar-refractivity contribution in [2.75, 3.05) is 0 Å². The Hall–Kier alpha value is 4.28. The summed E-state index contributed by atoms with van der Waals surface area (Å²) >= 11 is 31.1. The van der Waals surface area contributed by atoms with Gasteiger partial charge in [0.1, 0.15) is 12.9 Å². The fourth-order valence-electron chi connectivity index (χ4n) is 1.01. The Bertz CT molecular complexity index is 203. The van der Waals surface area contributed by atoms with Crippen molar-refractivity contribution in [3.05, 3.63) is 0 Å². The lowest BCUT2D eigenvalue weighted by atomic mass is 10.3. The zero-order valence-electron chi connectivity index (χ0n) is 6.35. The Kier molecular flexibility index (Phi) is 5.37. The van der Waals surface area contributed by atoms with Gasteiger partial charge in [-0.1, -0.05) is 127 Å². The maximum Gasteiger partial charge on any atom is 0.174 e. The molecule has 1 nitrogen and oxygen atoms in total. The smallest absolute Gasteiger partial charge is 0.174 e. The van der Waals surface area contributed by atoms with Gasteiger partial charge in [0.05, 0.1) is 0 Å². The van der Waals surface area contributed by atoms with E-state index in [1.807, 2.05) is 0 Å². The standard InChI is InChI=1S/C5HBr9O/c6-1(7)2(8,9)4(12,13)5(14,15)3(1,10)11/h15H. The molecule has 0 aliphatic heterocycles. The number of rotatable bonds is 0. The largest absolute Gasteiger partial charge is 0.374 e. The van der Waals surface area contributed by atoms with Gasteiger partial charge in [0.2, 0.25) is 0 Å². The van der Waals surface area contributed by atoms with Crippen LogP contribution in [-0.2, 0) is 0 Å². The van der Waals surface area contributed by atoms with Gasteiger partial charge in [0.15, 0.2) is 4.51 Å². The van der Waals surface area contributed by atoms with E-state index in [1.54, 1.807) is 0 Å². The fraction of sp³-hybridized carbons (Fsp3) is 1.00. The first-order chi connectivity index (χ1) is 6.25. The van der Waals surface area contributed by atoms with Crippen molar-refractivity contribution >= 4 is 143 Å². The molecule has 1 aliphatic carbocycles. The van der Waals surface area contributed by atoms with Crippen molar-refractivity contribution in [1.82, 2.24) is 0 Å². The maximum absolute atomic E-state index is 10.5. The van der Waals surface area contributed by atoms with Crippen LogP contribution in [0.15, 0.2) is 0 Å². The molecule has 1 aliphatic rings. The molecule has 0 bridgehead atoms. The van der Waals surface area contributed by atoms with Crippen LogP contribution < -0.4 is 0 Å². The summed E-state index contributed by atoms with van der Waals surface area (Å²) in [6, 6.07) is 0. The van der Waals surface area contributed by atoms with Crippen molar-refractivity contribution in [2.24, 2.45) is 0 Å². The lowest BCUT2D eigenvalue weighted by Crippen LogP contribution is -2.49. The zero-order chi connectivity index (χ0) is 12.5. The van der Waals surface area contributed by atoms with Crippen LogP contribution in [-0.4, -0.2) is 22.6 Å². The Morgan fingerprint density at radius 2 is 0.667 bits per heavy atom. The second-order valence-electron chi connectivity index (χ2n) is 2.92. The highest BCUT2D eigenvalue weighted by Gasteiger charge is 2.84. The molecule has 90 valence electrons. The monoisotopic (exact) mass is 787 g/mol. The summed E-state index contributed by atoms with van der Waals surface area (Å²) < 4.78 is -4.65. The van der Waals surface area contributed by atoms with Gasteiger partial charge in [-0.25, -0.2) is 0 Å². The van der Waals surface area contributed by atoms with Crippen molar-refractivity contribution in [1.29, 1.82) is 0 Å². The zero-order valence-corrected chi connectivity index (χ0v) is 20.6. The van der Waals surface area contributed by atoms with Gasteiger partial charge in [-0.2, -0.15) is 0 Å². The van der Waals surface area contributed by atoms with Gasteiger partial charge in [0, 0.05) is 0 Å². The van der Waals surface area contributed by atoms with Crippen molar-refractivity contribution in [3.8, 4) is 0 Å². The third-order valence-corrected chi connectivity index (χ3v) is 21.2. The quantitative estimate of drug-likeness (QED) is 0.298. The van der Waals surface area contributed by atoms with Crippen LogP contribution in [0.1, 0.15) is 0 Å². The Labute approximate surface area is 163 Å². The second-order valence-corrected chi connectivity index (χ2v) is 17.8. The van der Waals surface area contributed by atoms with Crippen LogP contribution in [0.4, 0.5) is 0 Å². The van der Waals surface area contributed by atoms with E-state index in [4.69, 9.17) is 0 Å². The van der Waals surface area contributed by atoms with E-state index in [-0.39, 0.29) is 0 Å². The van der Waals surface area contributed by atoms with Crippen LogP contribution >= 0.6 is 143 Å². The average Bonchev–Trinajstić information content (AvgIpc) is 2.04. The predicted molar refractivity (Wildman–Crippen MR) is 96.2 cm³/mol. The molecule has 0 spiro atoms. The number of halogens is 9. The predicted octanol–water partition coefficient (Wildman–Crippen LogP) is 6.03. The molecule has 0 aromatic carbocycles. The third-order valence-electron chi connectivity index (χ3n) is 2.02. The molecule has 0 atom stereocenters. The minimum Gasteiger partial charge on any atom is -0.374 e. The van der Waals surface area contributed by atoms with Gasteiger partial charge in [-0.3, -0.25) is 0 Å². The van der Waals surface area contributed by atoms with E-state index in [1.165, 1.54) is 0 Å². The van der Waals surface area contributed by atoms with Crippen LogP contribution in [0.5, 0.6) is 0 Å². The molecule has 0 unspecified atom stereocenters. The number of alkyl halides is 9. The summed E-state index contributed by atoms with van der Waals surface area (Å²) in [5.41, 5.74) is 0. The molecule has 1 saturated carbocycles.